The predicted octanol–water partition coefficient (Wildman–Crippen LogP) is 3.70. The summed E-state index contributed by atoms with van der Waals surface area (Å²) < 4.78 is 0. The van der Waals surface area contributed by atoms with E-state index in [-0.39, 0.29) is 0 Å². The summed E-state index contributed by atoms with van der Waals surface area (Å²) in [6.07, 6.45) is 7.25. The van der Waals surface area contributed by atoms with Gasteiger partial charge in [-0.1, -0.05) is 41.7 Å². The van der Waals surface area contributed by atoms with Gasteiger partial charge in [-0.3, -0.25) is 0 Å². The Morgan fingerprint density at radius 3 is 2.50 bits per heavy atom. The molecule has 0 atom stereocenters. The van der Waals surface area contributed by atoms with Crippen molar-refractivity contribution >= 4 is 16.5 Å². The monoisotopic (exact) mass is 287 g/mol. The first-order chi connectivity index (χ1) is 9.92. The molecule has 4 heteroatoms. The average Bonchev–Trinajstić information content (AvgIpc) is 3.15. The zero-order chi connectivity index (χ0) is 13.6. The Balaban J connectivity index is 1.42. The predicted molar refractivity (Wildman–Crippen MR) is 84.4 cm³/mol. The second kappa shape index (κ2) is 6.84. The SMILES string of the molecule is c1ccc(CCCCc2nnc(N3CCCC3)s2)cc1. The molecule has 2 heterocycles. The van der Waals surface area contributed by atoms with Crippen LogP contribution >= 0.6 is 11.3 Å². The first-order valence-corrected chi connectivity index (χ1v) is 8.35. The van der Waals surface area contributed by atoms with Crippen LogP contribution in [0.3, 0.4) is 0 Å². The lowest BCUT2D eigenvalue weighted by Crippen LogP contribution is -2.17. The van der Waals surface area contributed by atoms with Crippen molar-refractivity contribution in [3.05, 3.63) is 40.9 Å². The standard InChI is InChI=1S/C16H21N3S/c1-2-8-14(9-3-1)10-4-5-11-15-17-18-16(20-15)19-12-6-7-13-19/h1-3,8-9H,4-7,10-13H2. The molecule has 0 aliphatic carbocycles. The maximum atomic E-state index is 4.33. The highest BCUT2D eigenvalue weighted by Crippen LogP contribution is 2.24. The second-order valence-corrected chi connectivity index (χ2v) is 6.41. The van der Waals surface area contributed by atoms with Crippen molar-refractivity contribution in [3.63, 3.8) is 0 Å². The molecule has 1 aromatic carbocycles. The average molecular weight is 287 g/mol. The van der Waals surface area contributed by atoms with E-state index in [9.17, 15) is 0 Å². The zero-order valence-electron chi connectivity index (χ0n) is 11.8. The third-order valence-electron chi connectivity index (χ3n) is 3.78. The molecular weight excluding hydrogens is 266 g/mol. The Hall–Kier alpha value is -1.42. The fraction of sp³-hybridized carbons (Fsp3) is 0.500. The summed E-state index contributed by atoms with van der Waals surface area (Å²) in [7, 11) is 0. The van der Waals surface area contributed by atoms with Gasteiger partial charge in [-0.15, -0.1) is 10.2 Å². The molecular formula is C16H21N3S. The molecule has 0 spiro atoms. The summed E-state index contributed by atoms with van der Waals surface area (Å²) in [5.41, 5.74) is 1.43. The minimum atomic E-state index is 1.07. The highest BCUT2D eigenvalue weighted by molar-refractivity contribution is 7.15. The molecule has 0 unspecified atom stereocenters. The summed E-state index contributed by atoms with van der Waals surface area (Å²) in [4.78, 5) is 2.37. The molecule has 1 saturated heterocycles. The topological polar surface area (TPSA) is 29.0 Å². The number of aryl methyl sites for hydroxylation is 2. The fourth-order valence-electron chi connectivity index (χ4n) is 2.63. The number of benzene rings is 1. The van der Waals surface area contributed by atoms with Gasteiger partial charge in [0.2, 0.25) is 5.13 Å². The molecule has 0 bridgehead atoms. The van der Waals surface area contributed by atoms with Crippen LogP contribution in [0.1, 0.15) is 36.3 Å². The van der Waals surface area contributed by atoms with Crippen LogP contribution in [0.25, 0.3) is 0 Å². The summed E-state index contributed by atoms with van der Waals surface area (Å²) in [6.45, 7) is 2.31. The molecule has 1 fully saturated rings. The van der Waals surface area contributed by atoms with Gasteiger partial charge in [0, 0.05) is 19.5 Å². The van der Waals surface area contributed by atoms with Crippen LogP contribution in [-0.2, 0) is 12.8 Å². The van der Waals surface area contributed by atoms with Crippen molar-refractivity contribution in [2.45, 2.75) is 38.5 Å². The van der Waals surface area contributed by atoms with Crippen molar-refractivity contribution in [2.75, 3.05) is 18.0 Å². The van der Waals surface area contributed by atoms with Gasteiger partial charge in [0.05, 0.1) is 0 Å². The zero-order valence-corrected chi connectivity index (χ0v) is 12.6. The molecule has 2 aromatic rings. The molecule has 0 amide bonds. The number of hydrogen-bond donors (Lipinski definition) is 0. The molecule has 20 heavy (non-hydrogen) atoms. The van der Waals surface area contributed by atoms with E-state index in [1.165, 1.54) is 42.7 Å². The maximum Gasteiger partial charge on any atom is 0.208 e. The lowest BCUT2D eigenvalue weighted by atomic mass is 10.1. The summed E-state index contributed by atoms with van der Waals surface area (Å²) in [5.74, 6) is 0. The second-order valence-electron chi connectivity index (χ2n) is 5.37. The van der Waals surface area contributed by atoms with E-state index in [0.29, 0.717) is 0 Å². The van der Waals surface area contributed by atoms with Crippen LogP contribution in [0.15, 0.2) is 30.3 Å². The first kappa shape index (κ1) is 13.6. The van der Waals surface area contributed by atoms with Crippen LogP contribution in [0, 0.1) is 0 Å². The highest BCUT2D eigenvalue weighted by Gasteiger charge is 2.16. The van der Waals surface area contributed by atoms with Crippen molar-refractivity contribution in [3.8, 4) is 0 Å². The molecule has 3 rings (SSSR count). The van der Waals surface area contributed by atoms with Crippen LogP contribution < -0.4 is 4.90 Å². The molecule has 0 radical (unpaired) electrons. The third-order valence-corrected chi connectivity index (χ3v) is 4.83. The van der Waals surface area contributed by atoms with Crippen LogP contribution in [0.4, 0.5) is 5.13 Å². The van der Waals surface area contributed by atoms with E-state index in [2.05, 4.69) is 45.4 Å². The third kappa shape index (κ3) is 3.57. The summed E-state index contributed by atoms with van der Waals surface area (Å²) >= 11 is 1.78. The quantitative estimate of drug-likeness (QED) is 0.759. The summed E-state index contributed by atoms with van der Waals surface area (Å²) in [6, 6.07) is 10.7. The van der Waals surface area contributed by atoms with Crippen molar-refractivity contribution in [2.24, 2.45) is 0 Å². The number of aromatic nitrogens is 2. The van der Waals surface area contributed by atoms with Gasteiger partial charge in [0.1, 0.15) is 5.01 Å². The van der Waals surface area contributed by atoms with E-state index in [4.69, 9.17) is 0 Å². The van der Waals surface area contributed by atoms with Crippen LogP contribution in [0.5, 0.6) is 0 Å². The Morgan fingerprint density at radius 2 is 1.70 bits per heavy atom. The first-order valence-electron chi connectivity index (χ1n) is 7.53. The van der Waals surface area contributed by atoms with E-state index in [0.717, 1.165) is 24.6 Å². The Bertz CT molecular complexity index is 518. The van der Waals surface area contributed by atoms with Crippen molar-refractivity contribution in [1.29, 1.82) is 0 Å². The molecule has 1 aliphatic rings. The van der Waals surface area contributed by atoms with Gasteiger partial charge in [0.15, 0.2) is 0 Å². The Labute approximate surface area is 124 Å². The molecule has 0 saturated carbocycles. The van der Waals surface area contributed by atoms with E-state index >= 15 is 0 Å². The van der Waals surface area contributed by atoms with Gasteiger partial charge >= 0.3 is 0 Å². The molecule has 0 N–H and O–H groups in total. The smallest absolute Gasteiger partial charge is 0.208 e. The van der Waals surface area contributed by atoms with E-state index < -0.39 is 0 Å². The number of hydrogen-bond acceptors (Lipinski definition) is 4. The molecule has 106 valence electrons. The van der Waals surface area contributed by atoms with Crippen LogP contribution in [0.2, 0.25) is 0 Å². The van der Waals surface area contributed by atoms with Gasteiger partial charge in [0.25, 0.3) is 0 Å². The fourth-order valence-corrected chi connectivity index (χ4v) is 3.56. The van der Waals surface area contributed by atoms with Crippen molar-refractivity contribution < 1.29 is 0 Å². The minimum absolute atomic E-state index is 1.07. The largest absolute Gasteiger partial charge is 0.347 e. The maximum absolute atomic E-state index is 4.33. The van der Waals surface area contributed by atoms with Crippen LogP contribution in [-0.4, -0.2) is 23.3 Å². The highest BCUT2D eigenvalue weighted by atomic mass is 32.1. The number of unbranched alkanes of at least 4 members (excludes halogenated alkanes) is 1. The molecule has 1 aliphatic heterocycles. The normalized spacial score (nSPS) is 14.9. The van der Waals surface area contributed by atoms with Gasteiger partial charge in [-0.05, 0) is 37.7 Å². The molecule has 1 aromatic heterocycles. The Kier molecular flexibility index (Phi) is 4.64. The number of anilines is 1. The van der Waals surface area contributed by atoms with Gasteiger partial charge in [-0.25, -0.2) is 0 Å². The number of nitrogens with zero attached hydrogens (tertiary/aromatic N) is 3. The van der Waals surface area contributed by atoms with E-state index in [1.54, 1.807) is 11.3 Å². The minimum Gasteiger partial charge on any atom is -0.347 e. The molecule has 3 nitrogen and oxygen atoms in total. The van der Waals surface area contributed by atoms with E-state index in [1.807, 2.05) is 0 Å². The van der Waals surface area contributed by atoms with Crippen molar-refractivity contribution in [1.82, 2.24) is 10.2 Å². The Morgan fingerprint density at radius 1 is 0.950 bits per heavy atom. The number of rotatable bonds is 6. The lowest BCUT2D eigenvalue weighted by Gasteiger charge is -2.10. The lowest BCUT2D eigenvalue weighted by molar-refractivity contribution is 0.725. The summed E-state index contributed by atoms with van der Waals surface area (Å²) in [5, 5.41) is 11.0. The van der Waals surface area contributed by atoms with Gasteiger partial charge in [-0.2, -0.15) is 0 Å². The van der Waals surface area contributed by atoms with Gasteiger partial charge < -0.3 is 4.90 Å².